The van der Waals surface area contributed by atoms with Crippen molar-refractivity contribution in [3.63, 3.8) is 0 Å². The van der Waals surface area contributed by atoms with Gasteiger partial charge in [0, 0.05) is 0 Å². The summed E-state index contributed by atoms with van der Waals surface area (Å²) in [7, 11) is 0. The van der Waals surface area contributed by atoms with Gasteiger partial charge >= 0.3 is 5.91 Å². The third kappa shape index (κ3) is 2.49. The number of carbonyl (C=O) groups is 1. The van der Waals surface area contributed by atoms with Gasteiger partial charge < -0.3 is 15.3 Å². The Morgan fingerprint density at radius 2 is 2.36 bits per heavy atom. The van der Waals surface area contributed by atoms with Gasteiger partial charge in [-0.1, -0.05) is 6.07 Å². The molecule has 0 aliphatic carbocycles. The number of amides is 1. The molecule has 0 spiro atoms. The van der Waals surface area contributed by atoms with Crippen LogP contribution in [0.2, 0.25) is 0 Å². The molecule has 0 saturated heterocycles. The van der Waals surface area contributed by atoms with Crippen LogP contribution in [0.4, 0.5) is 5.69 Å². The van der Waals surface area contributed by atoms with Gasteiger partial charge in [0.15, 0.2) is 0 Å². The van der Waals surface area contributed by atoms with Crippen LogP contribution in [0.25, 0.3) is 4.85 Å². The molecule has 1 amide bonds. The normalized spacial score (nSPS) is 9.14. The molecule has 0 bridgehead atoms. The summed E-state index contributed by atoms with van der Waals surface area (Å²) in [6.07, 6.45) is 0. The highest BCUT2D eigenvalue weighted by Crippen LogP contribution is 2.23. The second-order valence-corrected chi connectivity index (χ2v) is 2.89. The number of phenols is 1. The van der Waals surface area contributed by atoms with E-state index in [-0.39, 0.29) is 12.3 Å². The maximum Gasteiger partial charge on any atom is 0.304 e. The third-order valence-corrected chi connectivity index (χ3v) is 1.65. The zero-order valence-electron chi connectivity index (χ0n) is 7.74. The van der Waals surface area contributed by atoms with Crippen molar-refractivity contribution in [2.24, 2.45) is 0 Å². The highest BCUT2D eigenvalue weighted by molar-refractivity contribution is 5.94. The first kappa shape index (κ1) is 10.1. The number of nitrogens with zero attached hydrogens (tertiary/aromatic N) is 1. The fraction of sp³-hybridized carbons (Fsp3) is 0.200. The van der Waals surface area contributed by atoms with Crippen LogP contribution in [0.1, 0.15) is 5.56 Å². The molecule has 4 nitrogen and oxygen atoms in total. The number of carbonyl (C=O) groups excluding carboxylic acids is 1. The molecule has 4 heteroatoms. The van der Waals surface area contributed by atoms with Crippen molar-refractivity contribution in [2.75, 3.05) is 11.9 Å². The Labute approximate surface area is 82.0 Å². The maximum absolute atomic E-state index is 11.0. The van der Waals surface area contributed by atoms with E-state index in [0.717, 1.165) is 5.56 Å². The lowest BCUT2D eigenvalue weighted by Crippen LogP contribution is -2.13. The van der Waals surface area contributed by atoms with E-state index in [0.29, 0.717) is 5.69 Å². The molecule has 0 atom stereocenters. The average Bonchev–Trinajstić information content (AvgIpc) is 2.12. The fourth-order valence-corrected chi connectivity index (χ4v) is 1.01. The Bertz CT molecular complexity index is 394. The van der Waals surface area contributed by atoms with Gasteiger partial charge in [-0.2, -0.15) is 0 Å². The van der Waals surface area contributed by atoms with E-state index in [1.54, 1.807) is 12.1 Å². The van der Waals surface area contributed by atoms with Gasteiger partial charge in [-0.05, 0) is 24.6 Å². The van der Waals surface area contributed by atoms with E-state index in [1.807, 2.05) is 6.92 Å². The van der Waals surface area contributed by atoms with Crippen LogP contribution in [0.5, 0.6) is 5.75 Å². The first-order valence-electron chi connectivity index (χ1n) is 4.06. The maximum atomic E-state index is 11.0. The van der Waals surface area contributed by atoms with Gasteiger partial charge in [0.05, 0.1) is 5.69 Å². The zero-order valence-corrected chi connectivity index (χ0v) is 7.74. The molecule has 0 radical (unpaired) electrons. The molecule has 0 aliphatic heterocycles. The van der Waals surface area contributed by atoms with Crippen LogP contribution in [0, 0.1) is 13.5 Å². The van der Waals surface area contributed by atoms with E-state index in [9.17, 15) is 9.90 Å². The molecule has 1 rings (SSSR count). The lowest BCUT2D eigenvalue weighted by atomic mass is 10.2. The van der Waals surface area contributed by atoms with Crippen molar-refractivity contribution in [2.45, 2.75) is 6.92 Å². The molecule has 0 fully saturated rings. The molecule has 1 aromatic rings. The minimum atomic E-state index is -0.416. The molecule has 0 heterocycles. The monoisotopic (exact) mass is 190 g/mol. The van der Waals surface area contributed by atoms with Gasteiger partial charge in [0.1, 0.15) is 5.75 Å². The minimum absolute atomic E-state index is 0.00827. The molecular weight excluding hydrogens is 180 g/mol. The Morgan fingerprint density at radius 3 is 3.00 bits per heavy atom. The van der Waals surface area contributed by atoms with Crippen LogP contribution >= 0.6 is 0 Å². The van der Waals surface area contributed by atoms with Crippen molar-refractivity contribution >= 4 is 11.6 Å². The first-order chi connectivity index (χ1) is 6.63. The van der Waals surface area contributed by atoms with Gasteiger partial charge in [-0.15, -0.1) is 0 Å². The lowest BCUT2D eigenvalue weighted by Gasteiger charge is -2.05. The molecule has 0 aromatic heterocycles. The number of phenolic OH excluding ortho intramolecular Hbond substituents is 1. The topological polar surface area (TPSA) is 53.7 Å². The fourth-order valence-electron chi connectivity index (χ4n) is 1.01. The number of anilines is 1. The highest BCUT2D eigenvalue weighted by atomic mass is 16.3. The van der Waals surface area contributed by atoms with Gasteiger partial charge in [-0.3, -0.25) is 4.79 Å². The van der Waals surface area contributed by atoms with E-state index >= 15 is 0 Å². The summed E-state index contributed by atoms with van der Waals surface area (Å²) < 4.78 is 0. The van der Waals surface area contributed by atoms with Crippen LogP contribution in [-0.2, 0) is 4.79 Å². The Balaban J connectivity index is 2.81. The van der Waals surface area contributed by atoms with Crippen molar-refractivity contribution < 1.29 is 9.90 Å². The van der Waals surface area contributed by atoms with E-state index in [1.165, 1.54) is 6.07 Å². The Hall–Kier alpha value is -2.02. The quantitative estimate of drug-likeness (QED) is 0.549. The van der Waals surface area contributed by atoms with E-state index in [4.69, 9.17) is 6.57 Å². The zero-order chi connectivity index (χ0) is 10.6. The predicted octanol–water partition coefficient (Wildman–Crippen LogP) is 1.56. The Kier molecular flexibility index (Phi) is 3.08. The number of aromatic hydroxyl groups is 1. The number of rotatable bonds is 2. The van der Waals surface area contributed by atoms with Gasteiger partial charge in [0.2, 0.25) is 0 Å². The summed E-state index contributed by atoms with van der Waals surface area (Å²) in [6, 6.07) is 4.89. The average molecular weight is 190 g/mol. The number of benzene rings is 1. The standard InChI is InChI=1S/C10H10N2O2/c1-7-3-4-9(13)8(5-7)12-10(14)6-11-2/h3-5,13H,6H2,1H3,(H,12,14). The molecule has 72 valence electrons. The number of aryl methyl sites for hydroxylation is 1. The Morgan fingerprint density at radius 1 is 1.64 bits per heavy atom. The summed E-state index contributed by atoms with van der Waals surface area (Å²) in [4.78, 5) is 14.0. The number of hydrogen-bond donors (Lipinski definition) is 2. The summed E-state index contributed by atoms with van der Waals surface area (Å²) in [5, 5.41) is 11.8. The van der Waals surface area contributed by atoms with Crippen molar-refractivity contribution in [1.82, 2.24) is 0 Å². The molecular formula is C10H10N2O2. The highest BCUT2D eigenvalue weighted by Gasteiger charge is 2.07. The lowest BCUT2D eigenvalue weighted by molar-refractivity contribution is -0.114. The molecule has 14 heavy (non-hydrogen) atoms. The smallest absolute Gasteiger partial charge is 0.304 e. The van der Waals surface area contributed by atoms with Gasteiger partial charge in [0.25, 0.3) is 6.54 Å². The minimum Gasteiger partial charge on any atom is -0.506 e. The number of nitrogens with one attached hydrogen (secondary N) is 1. The van der Waals surface area contributed by atoms with Crippen molar-refractivity contribution in [3.8, 4) is 5.75 Å². The summed E-state index contributed by atoms with van der Waals surface area (Å²) in [5.41, 5.74) is 1.28. The summed E-state index contributed by atoms with van der Waals surface area (Å²) in [5.74, 6) is -0.408. The van der Waals surface area contributed by atoms with Crippen LogP contribution < -0.4 is 5.32 Å². The molecule has 1 aromatic carbocycles. The van der Waals surface area contributed by atoms with Gasteiger partial charge in [-0.25, -0.2) is 6.57 Å². The molecule has 0 aliphatic rings. The molecule has 2 N–H and O–H groups in total. The third-order valence-electron chi connectivity index (χ3n) is 1.65. The van der Waals surface area contributed by atoms with Crippen LogP contribution in [0.15, 0.2) is 18.2 Å². The second kappa shape index (κ2) is 4.28. The summed E-state index contributed by atoms with van der Waals surface area (Å²) >= 11 is 0. The first-order valence-corrected chi connectivity index (χ1v) is 4.06. The summed E-state index contributed by atoms with van der Waals surface area (Å²) in [6.45, 7) is 8.12. The number of hydrogen-bond acceptors (Lipinski definition) is 2. The second-order valence-electron chi connectivity index (χ2n) is 2.89. The molecule has 0 unspecified atom stereocenters. The predicted molar refractivity (Wildman–Crippen MR) is 52.9 cm³/mol. The van der Waals surface area contributed by atoms with Crippen molar-refractivity contribution in [1.29, 1.82) is 0 Å². The SMILES string of the molecule is [C-]#[N+]CC(=O)Nc1cc(C)ccc1O. The van der Waals surface area contributed by atoms with Crippen LogP contribution in [-0.4, -0.2) is 17.6 Å². The molecule has 0 saturated carbocycles. The van der Waals surface area contributed by atoms with E-state index < -0.39 is 5.91 Å². The van der Waals surface area contributed by atoms with Crippen molar-refractivity contribution in [3.05, 3.63) is 35.2 Å². The van der Waals surface area contributed by atoms with E-state index in [2.05, 4.69) is 10.2 Å². The van der Waals surface area contributed by atoms with Crippen LogP contribution in [0.3, 0.4) is 0 Å². The largest absolute Gasteiger partial charge is 0.506 e.